The maximum atomic E-state index is 12.6. The van der Waals surface area contributed by atoms with E-state index in [1.165, 1.54) is 29.6 Å². The van der Waals surface area contributed by atoms with Crippen LogP contribution in [0.4, 0.5) is 22.4 Å². The van der Waals surface area contributed by atoms with Crippen LogP contribution in [0.25, 0.3) is 0 Å². The topological polar surface area (TPSA) is 78.4 Å². The maximum absolute atomic E-state index is 12.6. The highest BCUT2D eigenvalue weighted by Gasteiger charge is 2.41. The van der Waals surface area contributed by atoms with Gasteiger partial charge in [0.1, 0.15) is 0 Å². The van der Waals surface area contributed by atoms with E-state index < -0.39 is 36.9 Å². The quantitative estimate of drug-likeness (QED) is 0.703. The average molecular weight is 308 g/mol. The van der Waals surface area contributed by atoms with Crippen LogP contribution >= 0.6 is 0 Å². The average Bonchev–Trinajstić information content (AvgIpc) is 2.43. The summed E-state index contributed by atoms with van der Waals surface area (Å²) in [5, 5.41) is 12.4. The Morgan fingerprint density at radius 2 is 1.76 bits per heavy atom. The number of amides is 2. The van der Waals surface area contributed by atoms with E-state index in [2.05, 4.69) is 0 Å². The van der Waals surface area contributed by atoms with Crippen molar-refractivity contribution in [2.24, 2.45) is 0 Å². The number of carboxylic acids is 1. The molecular weight excluding hydrogens is 296 g/mol. The largest absolute Gasteiger partial charge is 0.479 e. The Kier molecular flexibility index (Phi) is 5.51. The van der Waals surface area contributed by atoms with Gasteiger partial charge in [-0.1, -0.05) is 30.3 Å². The van der Waals surface area contributed by atoms with Crippen LogP contribution in [-0.2, 0) is 4.79 Å². The SMILES string of the molecule is O=C(NCC(F)(F)C(F)F)N[C@@H](C(=O)O)c1ccccc1. The molecule has 1 aromatic rings. The van der Waals surface area contributed by atoms with E-state index in [-0.39, 0.29) is 5.56 Å². The van der Waals surface area contributed by atoms with Gasteiger partial charge in [0.25, 0.3) is 0 Å². The molecule has 0 aliphatic heterocycles. The van der Waals surface area contributed by atoms with E-state index in [9.17, 15) is 27.2 Å². The van der Waals surface area contributed by atoms with Crippen molar-refractivity contribution in [3.8, 4) is 0 Å². The molecule has 0 aliphatic rings. The molecule has 1 atom stereocenters. The fourth-order valence-electron chi connectivity index (χ4n) is 1.39. The molecule has 116 valence electrons. The van der Waals surface area contributed by atoms with Gasteiger partial charge in [-0.15, -0.1) is 0 Å². The molecule has 1 rings (SSSR count). The number of carboxylic acid groups (broad SMARTS) is 1. The molecule has 0 saturated heterocycles. The van der Waals surface area contributed by atoms with Gasteiger partial charge in [0.05, 0.1) is 6.54 Å². The third kappa shape index (κ3) is 4.93. The fourth-order valence-corrected chi connectivity index (χ4v) is 1.39. The Hall–Kier alpha value is -2.32. The predicted octanol–water partition coefficient (Wildman–Crippen LogP) is 2.01. The molecular formula is C12H12F4N2O3. The monoisotopic (exact) mass is 308 g/mol. The summed E-state index contributed by atoms with van der Waals surface area (Å²) in [5.74, 6) is -5.81. The minimum atomic E-state index is -4.39. The molecule has 0 fully saturated rings. The molecule has 0 saturated carbocycles. The second kappa shape index (κ2) is 6.91. The van der Waals surface area contributed by atoms with Gasteiger partial charge in [0, 0.05) is 0 Å². The lowest BCUT2D eigenvalue weighted by atomic mass is 10.1. The number of urea groups is 1. The first-order chi connectivity index (χ1) is 9.74. The van der Waals surface area contributed by atoms with Gasteiger partial charge in [-0.3, -0.25) is 0 Å². The lowest BCUT2D eigenvalue weighted by molar-refractivity contribution is -0.139. The molecule has 0 bridgehead atoms. The van der Waals surface area contributed by atoms with Crippen LogP contribution in [0.15, 0.2) is 30.3 Å². The Balaban J connectivity index is 2.65. The molecule has 21 heavy (non-hydrogen) atoms. The number of nitrogens with one attached hydrogen (secondary N) is 2. The van der Waals surface area contributed by atoms with Crippen molar-refractivity contribution in [3.63, 3.8) is 0 Å². The molecule has 9 heteroatoms. The Morgan fingerprint density at radius 3 is 2.24 bits per heavy atom. The summed E-state index contributed by atoms with van der Waals surface area (Å²) in [6.07, 6.45) is -3.93. The van der Waals surface area contributed by atoms with E-state index in [1.807, 2.05) is 5.32 Å². The number of rotatable bonds is 6. The summed E-state index contributed by atoms with van der Waals surface area (Å²) in [6.45, 7) is -1.60. The number of carbonyl (C=O) groups excluding carboxylic acids is 1. The van der Waals surface area contributed by atoms with E-state index >= 15 is 0 Å². The van der Waals surface area contributed by atoms with Crippen molar-refractivity contribution in [2.45, 2.75) is 18.4 Å². The van der Waals surface area contributed by atoms with Crippen LogP contribution in [0, 0.1) is 0 Å². The summed E-state index contributed by atoms with van der Waals surface area (Å²) in [5.41, 5.74) is 0.209. The third-order valence-corrected chi connectivity index (χ3v) is 2.46. The summed E-state index contributed by atoms with van der Waals surface area (Å²) < 4.78 is 49.0. The van der Waals surface area contributed by atoms with Crippen molar-refractivity contribution in [1.29, 1.82) is 0 Å². The van der Waals surface area contributed by atoms with Crippen LogP contribution in [0.1, 0.15) is 11.6 Å². The van der Waals surface area contributed by atoms with Crippen molar-refractivity contribution in [3.05, 3.63) is 35.9 Å². The van der Waals surface area contributed by atoms with Crippen LogP contribution in [0.5, 0.6) is 0 Å². The second-order valence-corrected chi connectivity index (χ2v) is 4.07. The number of hydrogen-bond acceptors (Lipinski definition) is 2. The van der Waals surface area contributed by atoms with Crippen LogP contribution in [-0.4, -0.2) is 36.0 Å². The zero-order valence-corrected chi connectivity index (χ0v) is 10.5. The van der Waals surface area contributed by atoms with Crippen LogP contribution < -0.4 is 10.6 Å². The summed E-state index contributed by atoms with van der Waals surface area (Å²) >= 11 is 0. The zero-order valence-electron chi connectivity index (χ0n) is 10.5. The van der Waals surface area contributed by atoms with E-state index in [1.54, 1.807) is 6.07 Å². The Bertz CT molecular complexity index is 497. The molecule has 0 aromatic heterocycles. The van der Waals surface area contributed by atoms with Gasteiger partial charge in [-0.2, -0.15) is 8.78 Å². The molecule has 5 nitrogen and oxygen atoms in total. The van der Waals surface area contributed by atoms with Crippen molar-refractivity contribution >= 4 is 12.0 Å². The molecule has 3 N–H and O–H groups in total. The first-order valence-electron chi connectivity index (χ1n) is 5.72. The minimum Gasteiger partial charge on any atom is -0.479 e. The normalized spacial score (nSPS) is 12.8. The van der Waals surface area contributed by atoms with Crippen LogP contribution in [0.2, 0.25) is 0 Å². The van der Waals surface area contributed by atoms with Gasteiger partial charge >= 0.3 is 24.3 Å². The number of benzene rings is 1. The van der Waals surface area contributed by atoms with Crippen molar-refractivity contribution in [2.75, 3.05) is 6.54 Å². The number of aliphatic carboxylic acids is 1. The second-order valence-electron chi connectivity index (χ2n) is 4.07. The molecule has 0 spiro atoms. The van der Waals surface area contributed by atoms with Gasteiger partial charge in [-0.25, -0.2) is 18.4 Å². The van der Waals surface area contributed by atoms with Crippen LogP contribution in [0.3, 0.4) is 0 Å². The highest BCUT2D eigenvalue weighted by molar-refractivity contribution is 5.83. The Labute approximate surface area is 117 Å². The minimum absolute atomic E-state index is 0.209. The Morgan fingerprint density at radius 1 is 1.19 bits per heavy atom. The number of hydrogen-bond donors (Lipinski definition) is 3. The van der Waals surface area contributed by atoms with Crippen molar-refractivity contribution < 1.29 is 32.3 Å². The summed E-state index contributed by atoms with van der Waals surface area (Å²) in [7, 11) is 0. The molecule has 1 aromatic carbocycles. The predicted molar refractivity (Wildman–Crippen MR) is 64.3 cm³/mol. The zero-order chi connectivity index (χ0) is 16.0. The van der Waals surface area contributed by atoms with Gasteiger partial charge in [-0.05, 0) is 5.56 Å². The number of carbonyl (C=O) groups is 2. The number of alkyl halides is 4. The first-order valence-corrected chi connectivity index (χ1v) is 5.72. The van der Waals surface area contributed by atoms with Gasteiger partial charge < -0.3 is 15.7 Å². The standard InChI is InChI=1S/C12H12F4N2O3/c13-10(14)12(15,16)6-17-11(21)18-8(9(19)20)7-4-2-1-3-5-7/h1-5,8,10H,6H2,(H,19,20)(H2,17,18,21)/t8-/m1/s1. The molecule has 0 unspecified atom stereocenters. The smallest absolute Gasteiger partial charge is 0.330 e. The third-order valence-electron chi connectivity index (χ3n) is 2.46. The highest BCUT2D eigenvalue weighted by Crippen LogP contribution is 2.21. The lowest BCUT2D eigenvalue weighted by Crippen LogP contribution is -2.47. The molecule has 0 radical (unpaired) electrons. The summed E-state index contributed by atoms with van der Waals surface area (Å²) in [4.78, 5) is 22.4. The molecule has 0 heterocycles. The lowest BCUT2D eigenvalue weighted by Gasteiger charge is -2.18. The van der Waals surface area contributed by atoms with Gasteiger partial charge in [0.15, 0.2) is 6.04 Å². The summed E-state index contributed by atoms with van der Waals surface area (Å²) in [6, 6.07) is 4.72. The molecule has 2 amide bonds. The van der Waals surface area contributed by atoms with E-state index in [0.29, 0.717) is 0 Å². The number of halogens is 4. The molecule has 0 aliphatic carbocycles. The highest BCUT2D eigenvalue weighted by atomic mass is 19.3. The van der Waals surface area contributed by atoms with Crippen molar-refractivity contribution in [1.82, 2.24) is 10.6 Å². The van der Waals surface area contributed by atoms with Gasteiger partial charge in [0.2, 0.25) is 0 Å². The van der Waals surface area contributed by atoms with E-state index in [4.69, 9.17) is 5.11 Å². The fraction of sp³-hybridized carbons (Fsp3) is 0.333. The maximum Gasteiger partial charge on any atom is 0.330 e. The first kappa shape index (κ1) is 16.7. The van der Waals surface area contributed by atoms with E-state index in [0.717, 1.165) is 0 Å².